The highest BCUT2D eigenvalue weighted by molar-refractivity contribution is 5.77. The van der Waals surface area contributed by atoms with Gasteiger partial charge in [0.15, 0.2) is 6.61 Å². The second-order valence-corrected chi connectivity index (χ2v) is 5.23. The lowest BCUT2D eigenvalue weighted by atomic mass is 10.1. The van der Waals surface area contributed by atoms with E-state index in [1.54, 1.807) is 12.1 Å². The first kappa shape index (κ1) is 15.9. The number of carbonyl (C=O) groups is 1. The lowest BCUT2D eigenvalue weighted by Crippen LogP contribution is -2.29. The van der Waals surface area contributed by atoms with Crippen LogP contribution in [0, 0.1) is 6.92 Å². The smallest absolute Gasteiger partial charge is 0.257 e. The second kappa shape index (κ2) is 8.08. The number of aromatic hydroxyl groups is 1. The highest BCUT2D eigenvalue weighted by atomic mass is 16.5. The fraction of sp³-hybridized carbons (Fsp3) is 0.278. The van der Waals surface area contributed by atoms with E-state index in [-0.39, 0.29) is 18.3 Å². The Balaban J connectivity index is 1.62. The minimum absolute atomic E-state index is 0.0230. The predicted molar refractivity (Wildman–Crippen MR) is 86.1 cm³/mol. The van der Waals surface area contributed by atoms with Crippen LogP contribution in [0.25, 0.3) is 0 Å². The number of phenols is 1. The van der Waals surface area contributed by atoms with E-state index in [1.807, 2.05) is 43.3 Å². The van der Waals surface area contributed by atoms with Gasteiger partial charge in [-0.25, -0.2) is 0 Å². The van der Waals surface area contributed by atoms with Crippen LogP contribution >= 0.6 is 0 Å². The van der Waals surface area contributed by atoms with Gasteiger partial charge in [-0.05, 0) is 49.6 Å². The van der Waals surface area contributed by atoms with Gasteiger partial charge in [0.25, 0.3) is 5.91 Å². The molecule has 0 heterocycles. The number of rotatable bonds is 7. The van der Waals surface area contributed by atoms with Crippen molar-refractivity contribution in [1.29, 1.82) is 0 Å². The molecule has 0 saturated heterocycles. The van der Waals surface area contributed by atoms with E-state index < -0.39 is 0 Å². The molecule has 1 amide bonds. The van der Waals surface area contributed by atoms with E-state index in [2.05, 4.69) is 5.32 Å². The van der Waals surface area contributed by atoms with Crippen molar-refractivity contribution >= 4 is 5.91 Å². The van der Waals surface area contributed by atoms with Gasteiger partial charge in [-0.1, -0.05) is 29.8 Å². The molecule has 0 unspecified atom stereocenters. The molecule has 2 N–H and O–H groups in total. The molecule has 4 nitrogen and oxygen atoms in total. The van der Waals surface area contributed by atoms with Gasteiger partial charge in [-0.2, -0.15) is 0 Å². The summed E-state index contributed by atoms with van der Waals surface area (Å²) < 4.78 is 5.41. The van der Waals surface area contributed by atoms with Crippen molar-refractivity contribution in [3.63, 3.8) is 0 Å². The molecule has 2 rings (SSSR count). The summed E-state index contributed by atoms with van der Waals surface area (Å²) in [4.78, 5) is 11.7. The van der Waals surface area contributed by atoms with Gasteiger partial charge in [-0.3, -0.25) is 4.79 Å². The van der Waals surface area contributed by atoms with Crippen molar-refractivity contribution in [3.05, 3.63) is 59.7 Å². The summed E-state index contributed by atoms with van der Waals surface area (Å²) in [6.07, 6.45) is 1.63. The van der Waals surface area contributed by atoms with E-state index in [9.17, 15) is 9.90 Å². The van der Waals surface area contributed by atoms with Crippen molar-refractivity contribution in [3.8, 4) is 11.5 Å². The minimum Gasteiger partial charge on any atom is -0.508 e. The molecule has 2 aromatic rings. The number of amides is 1. The normalized spacial score (nSPS) is 10.2. The SMILES string of the molecule is Cc1ccc(OCC(=O)NCCCc2cccc(O)c2)cc1. The fourth-order valence-electron chi connectivity index (χ4n) is 2.07. The molecule has 0 atom stereocenters. The standard InChI is InChI=1S/C18H21NO3/c1-14-7-9-17(10-8-14)22-13-18(21)19-11-3-5-15-4-2-6-16(20)12-15/h2,4,6-10,12,20H,3,5,11,13H2,1H3,(H,19,21). The number of aryl methyl sites for hydroxylation is 2. The van der Waals surface area contributed by atoms with Gasteiger partial charge in [0, 0.05) is 6.54 Å². The van der Waals surface area contributed by atoms with Gasteiger partial charge < -0.3 is 15.2 Å². The summed E-state index contributed by atoms with van der Waals surface area (Å²) in [5.74, 6) is 0.838. The summed E-state index contributed by atoms with van der Waals surface area (Å²) >= 11 is 0. The third kappa shape index (κ3) is 5.48. The predicted octanol–water partition coefficient (Wildman–Crippen LogP) is 2.83. The average Bonchev–Trinajstić information content (AvgIpc) is 2.51. The van der Waals surface area contributed by atoms with Crippen molar-refractivity contribution in [2.45, 2.75) is 19.8 Å². The number of carbonyl (C=O) groups excluding carboxylic acids is 1. The molecule has 0 bridgehead atoms. The first-order chi connectivity index (χ1) is 10.6. The van der Waals surface area contributed by atoms with Crippen LogP contribution in [-0.2, 0) is 11.2 Å². The zero-order chi connectivity index (χ0) is 15.8. The molecule has 0 saturated carbocycles. The summed E-state index contributed by atoms with van der Waals surface area (Å²) in [5.41, 5.74) is 2.22. The molecular formula is C18H21NO3. The summed E-state index contributed by atoms with van der Waals surface area (Å²) in [6, 6.07) is 14.8. The van der Waals surface area contributed by atoms with Gasteiger partial charge in [0.05, 0.1) is 0 Å². The monoisotopic (exact) mass is 299 g/mol. The lowest BCUT2D eigenvalue weighted by molar-refractivity contribution is -0.123. The van der Waals surface area contributed by atoms with E-state index in [1.165, 1.54) is 0 Å². The first-order valence-electron chi connectivity index (χ1n) is 7.37. The highest BCUT2D eigenvalue weighted by Gasteiger charge is 2.02. The average molecular weight is 299 g/mol. The Labute approximate surface area is 130 Å². The molecule has 0 aliphatic carbocycles. The number of benzene rings is 2. The number of ether oxygens (including phenoxy) is 1. The first-order valence-corrected chi connectivity index (χ1v) is 7.37. The Morgan fingerprint density at radius 3 is 2.68 bits per heavy atom. The van der Waals surface area contributed by atoms with Crippen LogP contribution in [0.4, 0.5) is 0 Å². The highest BCUT2D eigenvalue weighted by Crippen LogP contribution is 2.12. The van der Waals surface area contributed by atoms with Gasteiger partial charge >= 0.3 is 0 Å². The zero-order valence-corrected chi connectivity index (χ0v) is 12.7. The number of phenolic OH excluding ortho intramolecular Hbond substituents is 1. The third-order valence-corrected chi connectivity index (χ3v) is 3.27. The van der Waals surface area contributed by atoms with E-state index in [4.69, 9.17) is 4.74 Å². The van der Waals surface area contributed by atoms with Crippen molar-refractivity contribution in [1.82, 2.24) is 5.32 Å². The van der Waals surface area contributed by atoms with Crippen LogP contribution in [0.3, 0.4) is 0 Å². The molecule has 0 fully saturated rings. The Hall–Kier alpha value is -2.49. The number of hydrogen-bond acceptors (Lipinski definition) is 3. The van der Waals surface area contributed by atoms with Crippen LogP contribution in [0.1, 0.15) is 17.5 Å². The lowest BCUT2D eigenvalue weighted by Gasteiger charge is -2.08. The fourth-order valence-corrected chi connectivity index (χ4v) is 2.07. The molecule has 4 heteroatoms. The van der Waals surface area contributed by atoms with Crippen molar-refractivity contribution in [2.24, 2.45) is 0 Å². The van der Waals surface area contributed by atoms with Gasteiger partial charge in [-0.15, -0.1) is 0 Å². The maximum atomic E-state index is 11.7. The van der Waals surface area contributed by atoms with Gasteiger partial charge in [0.1, 0.15) is 11.5 Å². The summed E-state index contributed by atoms with van der Waals surface area (Å²) in [6.45, 7) is 2.61. The van der Waals surface area contributed by atoms with E-state index >= 15 is 0 Å². The molecule has 0 spiro atoms. The Morgan fingerprint density at radius 1 is 1.18 bits per heavy atom. The Kier molecular flexibility index (Phi) is 5.83. The van der Waals surface area contributed by atoms with Crippen molar-refractivity contribution in [2.75, 3.05) is 13.2 Å². The minimum atomic E-state index is -0.128. The maximum Gasteiger partial charge on any atom is 0.257 e. The summed E-state index contributed by atoms with van der Waals surface area (Å²) in [7, 11) is 0. The topological polar surface area (TPSA) is 58.6 Å². The quantitative estimate of drug-likeness (QED) is 0.773. The van der Waals surface area contributed by atoms with Crippen molar-refractivity contribution < 1.29 is 14.6 Å². The Bertz CT molecular complexity index is 608. The van der Waals surface area contributed by atoms with Crippen LogP contribution in [0.15, 0.2) is 48.5 Å². The van der Waals surface area contributed by atoms with E-state index in [0.717, 1.165) is 24.0 Å². The molecular weight excluding hydrogens is 278 g/mol. The van der Waals surface area contributed by atoms with Crippen LogP contribution in [0.2, 0.25) is 0 Å². The summed E-state index contributed by atoms with van der Waals surface area (Å²) in [5, 5.41) is 12.2. The second-order valence-electron chi connectivity index (χ2n) is 5.23. The molecule has 22 heavy (non-hydrogen) atoms. The molecule has 0 aliphatic heterocycles. The molecule has 116 valence electrons. The number of hydrogen-bond donors (Lipinski definition) is 2. The molecule has 0 aliphatic rings. The molecule has 0 aromatic heterocycles. The van der Waals surface area contributed by atoms with Crippen LogP contribution < -0.4 is 10.1 Å². The molecule has 0 radical (unpaired) electrons. The zero-order valence-electron chi connectivity index (χ0n) is 12.7. The third-order valence-electron chi connectivity index (χ3n) is 3.27. The Morgan fingerprint density at radius 2 is 1.95 bits per heavy atom. The van der Waals surface area contributed by atoms with Gasteiger partial charge in [0.2, 0.25) is 0 Å². The van der Waals surface area contributed by atoms with Crippen LogP contribution in [0.5, 0.6) is 11.5 Å². The van der Waals surface area contributed by atoms with Crippen LogP contribution in [-0.4, -0.2) is 24.2 Å². The van der Waals surface area contributed by atoms with E-state index in [0.29, 0.717) is 12.3 Å². The largest absolute Gasteiger partial charge is 0.508 e. The number of nitrogens with one attached hydrogen (secondary N) is 1. The maximum absolute atomic E-state index is 11.7. The molecule has 2 aromatic carbocycles.